The fourth-order valence-corrected chi connectivity index (χ4v) is 4.77. The van der Waals surface area contributed by atoms with E-state index in [1.54, 1.807) is 12.1 Å². The van der Waals surface area contributed by atoms with Gasteiger partial charge in [0.25, 0.3) is 0 Å². The summed E-state index contributed by atoms with van der Waals surface area (Å²) in [6, 6.07) is 13.8. The van der Waals surface area contributed by atoms with Crippen LogP contribution in [0.15, 0.2) is 47.2 Å². The van der Waals surface area contributed by atoms with Gasteiger partial charge in [0.05, 0.1) is 23.4 Å². The Morgan fingerprint density at radius 3 is 2.21 bits per heavy atom. The molecule has 28 heavy (non-hydrogen) atoms. The molecule has 0 unspecified atom stereocenters. The molecule has 0 amide bonds. The summed E-state index contributed by atoms with van der Waals surface area (Å²) in [7, 11) is 0. The van der Waals surface area contributed by atoms with Crippen LogP contribution in [0.1, 0.15) is 45.1 Å². The molecule has 1 aromatic rings. The quantitative estimate of drug-likeness (QED) is 0.711. The second kappa shape index (κ2) is 7.01. The first-order chi connectivity index (χ1) is 13.2. The van der Waals surface area contributed by atoms with Crippen LogP contribution < -0.4 is 5.73 Å². The van der Waals surface area contributed by atoms with Gasteiger partial charge in [0.2, 0.25) is 0 Å². The van der Waals surface area contributed by atoms with Crippen LogP contribution in [0, 0.1) is 56.7 Å². The zero-order valence-electron chi connectivity index (χ0n) is 16.3. The highest BCUT2D eigenvalue weighted by Gasteiger charge is 2.54. The number of nitrogens with zero attached hydrogens (tertiary/aromatic N) is 3. The molecule has 5 heteroatoms. The number of halogens is 1. The minimum absolute atomic E-state index is 0.0664. The molecule has 0 saturated heterocycles. The third kappa shape index (κ3) is 2.97. The van der Waals surface area contributed by atoms with Crippen molar-refractivity contribution in [2.75, 3.05) is 0 Å². The number of hydrogen-bond acceptors (Lipinski definition) is 4. The van der Waals surface area contributed by atoms with Crippen LogP contribution in [0.25, 0.3) is 0 Å². The highest BCUT2D eigenvalue weighted by atomic mass is 35.5. The lowest BCUT2D eigenvalue weighted by molar-refractivity contribution is 0.170. The van der Waals surface area contributed by atoms with Gasteiger partial charge in [0.15, 0.2) is 5.41 Å². The molecule has 1 aromatic carbocycles. The van der Waals surface area contributed by atoms with Crippen LogP contribution in [0.2, 0.25) is 5.02 Å². The van der Waals surface area contributed by atoms with Crippen molar-refractivity contribution in [3.05, 3.63) is 57.8 Å². The molecule has 142 valence electrons. The number of benzene rings is 1. The van der Waals surface area contributed by atoms with E-state index in [9.17, 15) is 15.8 Å². The summed E-state index contributed by atoms with van der Waals surface area (Å²) >= 11 is 6.07. The van der Waals surface area contributed by atoms with Crippen molar-refractivity contribution in [1.29, 1.82) is 15.8 Å². The lowest BCUT2D eigenvalue weighted by Gasteiger charge is -2.47. The Kier molecular flexibility index (Phi) is 5.01. The van der Waals surface area contributed by atoms with Gasteiger partial charge in [-0.2, -0.15) is 15.8 Å². The van der Waals surface area contributed by atoms with Crippen LogP contribution >= 0.6 is 11.6 Å². The van der Waals surface area contributed by atoms with E-state index in [1.165, 1.54) is 0 Å². The van der Waals surface area contributed by atoms with Gasteiger partial charge in [0, 0.05) is 10.9 Å². The van der Waals surface area contributed by atoms with E-state index in [0.29, 0.717) is 16.5 Å². The summed E-state index contributed by atoms with van der Waals surface area (Å²) in [4.78, 5) is 0. The molecule has 2 N–H and O–H groups in total. The van der Waals surface area contributed by atoms with Crippen molar-refractivity contribution in [3.8, 4) is 18.2 Å². The molecule has 0 bridgehead atoms. The molecule has 0 aromatic heterocycles. The van der Waals surface area contributed by atoms with Crippen molar-refractivity contribution in [1.82, 2.24) is 0 Å². The Morgan fingerprint density at radius 1 is 1.11 bits per heavy atom. The highest BCUT2D eigenvalue weighted by molar-refractivity contribution is 6.30. The van der Waals surface area contributed by atoms with Gasteiger partial charge >= 0.3 is 0 Å². The fourth-order valence-electron chi connectivity index (χ4n) is 4.64. The molecule has 0 saturated carbocycles. The summed E-state index contributed by atoms with van der Waals surface area (Å²) < 4.78 is 0. The maximum Gasteiger partial charge on any atom is 0.191 e. The summed E-state index contributed by atoms with van der Waals surface area (Å²) in [5, 5.41) is 30.5. The second-order valence-electron chi connectivity index (χ2n) is 8.76. The van der Waals surface area contributed by atoms with Crippen molar-refractivity contribution in [2.24, 2.45) is 28.4 Å². The first-order valence-electron chi connectivity index (χ1n) is 9.38. The average Bonchev–Trinajstić information content (AvgIpc) is 2.67. The molecule has 3 atom stereocenters. The summed E-state index contributed by atoms with van der Waals surface area (Å²) in [5.41, 5.74) is 6.90. The van der Waals surface area contributed by atoms with Gasteiger partial charge in [-0.05, 0) is 53.4 Å². The van der Waals surface area contributed by atoms with Crippen molar-refractivity contribution in [2.45, 2.75) is 39.5 Å². The zero-order chi connectivity index (χ0) is 20.7. The topological polar surface area (TPSA) is 97.4 Å². The first kappa shape index (κ1) is 20.0. The monoisotopic (exact) mass is 390 g/mol. The van der Waals surface area contributed by atoms with Crippen LogP contribution in [-0.4, -0.2) is 0 Å². The number of rotatable bonds is 1. The van der Waals surface area contributed by atoms with Gasteiger partial charge in [-0.15, -0.1) is 0 Å². The van der Waals surface area contributed by atoms with Crippen molar-refractivity contribution in [3.63, 3.8) is 0 Å². The molecule has 0 heterocycles. The molecule has 2 aliphatic carbocycles. The molecule has 3 rings (SSSR count). The summed E-state index contributed by atoms with van der Waals surface area (Å²) in [6.07, 6.45) is 3.75. The van der Waals surface area contributed by atoms with Crippen molar-refractivity contribution < 1.29 is 0 Å². The SMILES string of the molecule is CC(C)(C)[C@@H]1CC=C2C(C#N)=C(N)C(C#N)(C#N)[C@H](c3ccc(Cl)cc3)[C@@H]2C1. The molecular weight excluding hydrogens is 368 g/mol. The van der Waals surface area contributed by atoms with Crippen LogP contribution in [0.4, 0.5) is 0 Å². The zero-order valence-corrected chi connectivity index (χ0v) is 17.1. The Hall–Kier alpha value is -2.74. The Bertz CT molecular complexity index is 960. The van der Waals surface area contributed by atoms with E-state index >= 15 is 0 Å². The minimum atomic E-state index is -1.58. The molecule has 4 nitrogen and oxygen atoms in total. The summed E-state index contributed by atoms with van der Waals surface area (Å²) in [5.74, 6) is -0.195. The molecule has 0 fully saturated rings. The predicted molar refractivity (Wildman–Crippen MR) is 108 cm³/mol. The van der Waals surface area contributed by atoms with E-state index < -0.39 is 11.3 Å². The largest absolute Gasteiger partial charge is 0.399 e. The maximum absolute atomic E-state index is 10.1. The molecule has 0 spiro atoms. The molecule has 0 radical (unpaired) electrons. The first-order valence-corrected chi connectivity index (χ1v) is 9.76. The third-order valence-corrected chi connectivity index (χ3v) is 6.58. The Labute approximate surface area is 171 Å². The maximum atomic E-state index is 10.1. The molecular formula is C23H23ClN4. The number of hydrogen-bond donors (Lipinski definition) is 1. The normalized spacial score (nSPS) is 26.3. The minimum Gasteiger partial charge on any atom is -0.399 e. The lowest BCUT2D eigenvalue weighted by atomic mass is 9.54. The van der Waals surface area contributed by atoms with Crippen LogP contribution in [0.3, 0.4) is 0 Å². The van der Waals surface area contributed by atoms with E-state index in [-0.39, 0.29) is 17.0 Å². The number of nitrogens with two attached hydrogens (primary N) is 1. The number of fused-ring (bicyclic) bond motifs is 1. The third-order valence-electron chi connectivity index (χ3n) is 6.33. The van der Waals surface area contributed by atoms with Crippen LogP contribution in [-0.2, 0) is 0 Å². The van der Waals surface area contributed by atoms with E-state index in [1.807, 2.05) is 12.1 Å². The fraction of sp³-hybridized carbons (Fsp3) is 0.435. The van der Waals surface area contributed by atoms with Crippen LogP contribution in [0.5, 0.6) is 0 Å². The van der Waals surface area contributed by atoms with Gasteiger partial charge < -0.3 is 5.73 Å². The molecule has 0 aliphatic heterocycles. The van der Waals surface area contributed by atoms with Gasteiger partial charge in [-0.3, -0.25) is 0 Å². The summed E-state index contributed by atoms with van der Waals surface area (Å²) in [6.45, 7) is 6.61. The smallest absolute Gasteiger partial charge is 0.191 e. The van der Waals surface area contributed by atoms with E-state index in [2.05, 4.69) is 45.1 Å². The van der Waals surface area contributed by atoms with E-state index in [4.69, 9.17) is 17.3 Å². The number of allylic oxidation sites excluding steroid dienone is 4. The molecule has 2 aliphatic rings. The predicted octanol–water partition coefficient (Wildman–Crippen LogP) is 5.21. The highest BCUT2D eigenvalue weighted by Crippen LogP contribution is 2.57. The standard InChI is InChI=1S/C23H23ClN4/c1-22(2,3)15-6-9-17-18(10-15)20(14-4-7-16(24)8-5-14)23(12-26,13-27)21(28)19(17)11-25/h4-5,7-9,15,18,20H,6,10,28H2,1-3H3/t15-,18-,20-/m1/s1. The average molecular weight is 391 g/mol. The van der Waals surface area contributed by atoms with Gasteiger partial charge in [-0.1, -0.05) is 50.6 Å². The lowest BCUT2D eigenvalue weighted by Crippen LogP contribution is -2.44. The van der Waals surface area contributed by atoms with Gasteiger partial charge in [0.1, 0.15) is 6.07 Å². The van der Waals surface area contributed by atoms with Crippen molar-refractivity contribution >= 4 is 11.6 Å². The van der Waals surface area contributed by atoms with E-state index in [0.717, 1.165) is 24.0 Å². The Morgan fingerprint density at radius 2 is 1.71 bits per heavy atom. The van der Waals surface area contributed by atoms with Gasteiger partial charge in [-0.25, -0.2) is 0 Å². The second-order valence-corrected chi connectivity index (χ2v) is 9.20. The number of nitriles is 3. The Balaban J connectivity index is 2.29.